The topological polar surface area (TPSA) is 83.9 Å². The average molecular weight is 202 g/mol. The lowest BCUT2D eigenvalue weighted by molar-refractivity contribution is 0.597. The van der Waals surface area contributed by atoms with Gasteiger partial charge in [-0.25, -0.2) is 13.6 Å². The quantitative estimate of drug-likeness (QED) is 0.753. The molecule has 0 amide bonds. The Hall–Kier alpha value is -0.900. The van der Waals surface area contributed by atoms with Gasteiger partial charge in [0.15, 0.2) is 0 Å². The van der Waals surface area contributed by atoms with E-state index in [1.54, 1.807) is 5.38 Å². The van der Waals surface area contributed by atoms with Gasteiger partial charge < -0.3 is 0 Å². The van der Waals surface area contributed by atoms with Crippen LogP contribution in [0.25, 0.3) is 0 Å². The van der Waals surface area contributed by atoms with Crippen LogP contribution >= 0.6 is 11.3 Å². The number of hydrogen-bond donors (Lipinski definition) is 1. The molecule has 0 aliphatic carbocycles. The normalized spacial score (nSPS) is 11.0. The predicted octanol–water partition coefficient (Wildman–Crippen LogP) is 0.408. The molecule has 6 heteroatoms. The van der Waals surface area contributed by atoms with Crippen LogP contribution in [-0.2, 0) is 15.8 Å². The Kier molecular flexibility index (Phi) is 2.47. The molecule has 1 aromatic rings. The molecule has 0 aliphatic rings. The largest absolute Gasteiger partial charge is 0.228 e. The first-order valence-corrected chi connectivity index (χ1v) is 5.59. The van der Waals surface area contributed by atoms with Gasteiger partial charge in [0.05, 0.1) is 5.75 Å². The second-order valence-electron chi connectivity index (χ2n) is 2.24. The van der Waals surface area contributed by atoms with Crippen LogP contribution in [0.1, 0.15) is 10.4 Å². The van der Waals surface area contributed by atoms with Gasteiger partial charge in [0, 0.05) is 0 Å². The van der Waals surface area contributed by atoms with E-state index >= 15 is 0 Å². The number of sulfonamides is 1. The second kappa shape index (κ2) is 3.23. The van der Waals surface area contributed by atoms with Gasteiger partial charge in [-0.15, -0.1) is 11.3 Å². The average Bonchev–Trinajstić information content (AvgIpc) is 2.32. The maximum absolute atomic E-state index is 10.6. The molecule has 0 atom stereocenters. The molecular weight excluding hydrogens is 196 g/mol. The molecular formula is C6H6N2O2S2. The van der Waals surface area contributed by atoms with Crippen molar-refractivity contribution in [2.75, 3.05) is 0 Å². The lowest BCUT2D eigenvalue weighted by atomic mass is 10.3. The maximum atomic E-state index is 10.6. The summed E-state index contributed by atoms with van der Waals surface area (Å²) in [7, 11) is -3.47. The van der Waals surface area contributed by atoms with Crippen molar-refractivity contribution in [2.24, 2.45) is 5.14 Å². The van der Waals surface area contributed by atoms with Gasteiger partial charge in [0.2, 0.25) is 10.0 Å². The summed E-state index contributed by atoms with van der Waals surface area (Å²) in [6.45, 7) is 0. The van der Waals surface area contributed by atoms with Crippen molar-refractivity contribution < 1.29 is 8.42 Å². The van der Waals surface area contributed by atoms with Gasteiger partial charge in [0.25, 0.3) is 0 Å². The minimum atomic E-state index is -3.47. The van der Waals surface area contributed by atoms with Crippen LogP contribution in [-0.4, -0.2) is 8.42 Å². The molecule has 0 saturated carbocycles. The Bertz CT molecular complexity index is 413. The molecule has 1 heterocycles. The summed E-state index contributed by atoms with van der Waals surface area (Å²) in [5.74, 6) is -0.203. The van der Waals surface area contributed by atoms with E-state index in [2.05, 4.69) is 0 Å². The van der Waals surface area contributed by atoms with Crippen LogP contribution in [0.3, 0.4) is 0 Å². The number of rotatable bonds is 2. The monoisotopic (exact) mass is 202 g/mol. The molecule has 0 fully saturated rings. The molecule has 0 aromatic carbocycles. The standard InChI is InChI=1S/C6H6N2O2S2/c7-2-6-1-5(3-11-6)4-12(8,9)10/h1,3H,4H2,(H2,8,9,10). The molecule has 0 bridgehead atoms. The molecule has 2 N–H and O–H groups in total. The van der Waals surface area contributed by atoms with Crippen LogP contribution in [0.15, 0.2) is 11.4 Å². The summed E-state index contributed by atoms with van der Waals surface area (Å²) in [6.07, 6.45) is 0. The highest BCUT2D eigenvalue weighted by atomic mass is 32.2. The Balaban J connectivity index is 2.87. The number of nitrogens with zero attached hydrogens (tertiary/aromatic N) is 1. The zero-order valence-corrected chi connectivity index (χ0v) is 7.65. The van der Waals surface area contributed by atoms with Gasteiger partial charge in [-0.1, -0.05) is 0 Å². The molecule has 1 rings (SSSR count). The lowest BCUT2D eigenvalue weighted by Crippen LogP contribution is -2.13. The summed E-state index contributed by atoms with van der Waals surface area (Å²) in [6, 6.07) is 3.44. The van der Waals surface area contributed by atoms with Crippen LogP contribution in [0, 0.1) is 11.3 Å². The van der Waals surface area contributed by atoms with E-state index in [0.29, 0.717) is 10.4 Å². The SMILES string of the molecule is N#Cc1cc(CS(N)(=O)=O)cs1. The molecule has 64 valence electrons. The van der Waals surface area contributed by atoms with Crippen molar-refractivity contribution >= 4 is 21.4 Å². The van der Waals surface area contributed by atoms with E-state index in [9.17, 15) is 8.42 Å². The van der Waals surface area contributed by atoms with Crippen molar-refractivity contribution in [1.29, 1.82) is 5.26 Å². The zero-order valence-electron chi connectivity index (χ0n) is 6.02. The number of primary sulfonamides is 1. The Morgan fingerprint density at radius 2 is 2.33 bits per heavy atom. The third kappa shape index (κ3) is 2.62. The summed E-state index contributed by atoms with van der Waals surface area (Å²) < 4.78 is 21.2. The van der Waals surface area contributed by atoms with Gasteiger partial charge in [-0.2, -0.15) is 5.26 Å². The molecule has 0 unspecified atom stereocenters. The molecule has 1 aromatic heterocycles. The Morgan fingerprint density at radius 1 is 1.67 bits per heavy atom. The Labute approximate surface area is 74.3 Å². The predicted molar refractivity (Wildman–Crippen MR) is 45.8 cm³/mol. The summed E-state index contributed by atoms with van der Waals surface area (Å²) in [5, 5.41) is 14.9. The first-order chi connectivity index (χ1) is 5.51. The highest BCUT2D eigenvalue weighted by molar-refractivity contribution is 7.88. The van der Waals surface area contributed by atoms with E-state index < -0.39 is 10.0 Å². The van der Waals surface area contributed by atoms with Crippen LogP contribution in [0.5, 0.6) is 0 Å². The molecule has 0 spiro atoms. The molecule has 0 radical (unpaired) electrons. The highest BCUT2D eigenvalue weighted by Crippen LogP contribution is 2.14. The van der Waals surface area contributed by atoms with Crippen LogP contribution < -0.4 is 5.14 Å². The fraction of sp³-hybridized carbons (Fsp3) is 0.167. The van der Waals surface area contributed by atoms with E-state index in [1.165, 1.54) is 17.4 Å². The number of nitriles is 1. The molecule has 0 saturated heterocycles. The third-order valence-electron chi connectivity index (χ3n) is 1.13. The molecule has 0 aliphatic heterocycles. The summed E-state index contributed by atoms with van der Waals surface area (Å²) in [5.41, 5.74) is 0.569. The number of thiophene rings is 1. The van der Waals surface area contributed by atoms with Crippen molar-refractivity contribution in [3.8, 4) is 6.07 Å². The second-order valence-corrected chi connectivity index (χ2v) is 4.76. The highest BCUT2D eigenvalue weighted by Gasteiger charge is 2.06. The fourth-order valence-electron chi connectivity index (χ4n) is 0.742. The lowest BCUT2D eigenvalue weighted by Gasteiger charge is -1.91. The van der Waals surface area contributed by atoms with Crippen molar-refractivity contribution in [3.63, 3.8) is 0 Å². The van der Waals surface area contributed by atoms with Gasteiger partial charge in [-0.05, 0) is 17.0 Å². The van der Waals surface area contributed by atoms with Crippen LogP contribution in [0.4, 0.5) is 0 Å². The fourth-order valence-corrected chi connectivity index (χ4v) is 2.18. The first-order valence-electron chi connectivity index (χ1n) is 2.99. The smallest absolute Gasteiger partial charge is 0.213 e. The summed E-state index contributed by atoms with van der Waals surface area (Å²) >= 11 is 1.21. The van der Waals surface area contributed by atoms with Crippen LogP contribution in [0.2, 0.25) is 0 Å². The van der Waals surface area contributed by atoms with Crippen molar-refractivity contribution in [2.45, 2.75) is 5.75 Å². The van der Waals surface area contributed by atoms with E-state index in [0.717, 1.165) is 0 Å². The summed E-state index contributed by atoms with van der Waals surface area (Å²) in [4.78, 5) is 0.494. The van der Waals surface area contributed by atoms with Gasteiger partial charge >= 0.3 is 0 Å². The molecule has 4 nitrogen and oxygen atoms in total. The van der Waals surface area contributed by atoms with Gasteiger partial charge in [0.1, 0.15) is 10.9 Å². The van der Waals surface area contributed by atoms with Crippen molar-refractivity contribution in [1.82, 2.24) is 0 Å². The zero-order chi connectivity index (χ0) is 9.19. The molecule has 12 heavy (non-hydrogen) atoms. The van der Waals surface area contributed by atoms with E-state index in [1.807, 2.05) is 6.07 Å². The van der Waals surface area contributed by atoms with Gasteiger partial charge in [-0.3, -0.25) is 0 Å². The minimum absolute atomic E-state index is 0.203. The van der Waals surface area contributed by atoms with Crippen molar-refractivity contribution in [3.05, 3.63) is 21.9 Å². The number of nitrogens with two attached hydrogens (primary N) is 1. The minimum Gasteiger partial charge on any atom is -0.228 e. The van der Waals surface area contributed by atoms with E-state index in [4.69, 9.17) is 10.4 Å². The first kappa shape index (κ1) is 9.19. The Morgan fingerprint density at radius 3 is 2.75 bits per heavy atom. The van der Waals surface area contributed by atoms with E-state index in [-0.39, 0.29) is 5.75 Å². The maximum Gasteiger partial charge on any atom is 0.213 e. The number of hydrogen-bond acceptors (Lipinski definition) is 4. The third-order valence-corrected chi connectivity index (χ3v) is 2.75.